The van der Waals surface area contributed by atoms with Gasteiger partial charge in [-0.05, 0) is 115 Å². The maximum Gasteiger partial charge on any atom is 0.405 e. The van der Waals surface area contributed by atoms with E-state index in [1.165, 1.54) is 71.1 Å². The van der Waals surface area contributed by atoms with E-state index in [9.17, 15) is 14.7 Å². The molecule has 3 aliphatic carbocycles. The number of hydrogen-bond donors (Lipinski definition) is 6. The van der Waals surface area contributed by atoms with Crippen molar-refractivity contribution in [1.82, 2.24) is 20.9 Å². The van der Waals surface area contributed by atoms with Gasteiger partial charge in [-0.2, -0.15) is 0 Å². The van der Waals surface area contributed by atoms with Crippen LogP contribution in [-0.4, -0.2) is 46.8 Å². The van der Waals surface area contributed by atoms with Crippen molar-refractivity contribution in [3.8, 4) is 10.4 Å². The molecule has 46 heavy (non-hydrogen) atoms. The van der Waals surface area contributed by atoms with E-state index >= 15 is 0 Å². The standard InChI is InChI=1S/C36H46N6O3S/c1-20(2)32(41-35(44)45)34(43)42-17-4-7-28(42)33-39-26-11-8-21(18-27(26)40-33)22-9-10-23(29-12-13-30(46-29)25(38)19-37)24-6-3-14-36(31(22)24)15-5-16-36/h9-10,12-13,18-20,28,32-33,39-41H,3-8,11,14-17,37-38H2,1-2H3,(H,44,45)/b25-19-/t28-,32-,33?/m0/s1. The van der Waals surface area contributed by atoms with Crippen LogP contribution in [0.1, 0.15) is 93.2 Å². The van der Waals surface area contributed by atoms with Crippen LogP contribution in [0.25, 0.3) is 21.7 Å². The molecule has 2 amide bonds. The van der Waals surface area contributed by atoms with Gasteiger partial charge in [0.25, 0.3) is 0 Å². The fraction of sp³-hybridized carbons (Fsp3) is 0.500. The van der Waals surface area contributed by atoms with E-state index in [2.05, 4.69) is 46.3 Å². The van der Waals surface area contributed by atoms with Gasteiger partial charge in [-0.15, -0.1) is 11.3 Å². The molecule has 5 aliphatic rings. The summed E-state index contributed by atoms with van der Waals surface area (Å²) in [5.74, 6) is -0.271. The zero-order valence-corrected chi connectivity index (χ0v) is 27.6. The molecule has 8 N–H and O–H groups in total. The summed E-state index contributed by atoms with van der Waals surface area (Å²) in [5, 5.41) is 19.3. The molecule has 1 aromatic heterocycles. The third-order valence-corrected chi connectivity index (χ3v) is 12.2. The van der Waals surface area contributed by atoms with Crippen molar-refractivity contribution in [2.75, 3.05) is 6.54 Å². The van der Waals surface area contributed by atoms with Crippen molar-refractivity contribution in [3.63, 3.8) is 0 Å². The molecule has 2 fully saturated rings. The fourth-order valence-corrected chi connectivity index (χ4v) is 9.60. The van der Waals surface area contributed by atoms with Crippen LogP contribution >= 0.6 is 11.3 Å². The molecule has 0 bridgehead atoms. The van der Waals surface area contributed by atoms with Crippen LogP contribution in [0.15, 0.2) is 47.9 Å². The maximum atomic E-state index is 13.6. The molecule has 1 unspecified atom stereocenters. The number of benzene rings is 1. The monoisotopic (exact) mass is 642 g/mol. The Morgan fingerprint density at radius 2 is 1.85 bits per heavy atom. The molecule has 0 radical (unpaired) electrons. The van der Waals surface area contributed by atoms with Gasteiger partial charge in [0.1, 0.15) is 12.2 Å². The Morgan fingerprint density at radius 1 is 1.07 bits per heavy atom. The highest BCUT2D eigenvalue weighted by atomic mass is 32.1. The number of nitrogens with zero attached hydrogens (tertiary/aromatic N) is 1. The smallest absolute Gasteiger partial charge is 0.405 e. The van der Waals surface area contributed by atoms with E-state index in [0.717, 1.165) is 42.7 Å². The molecule has 7 rings (SSSR count). The number of rotatable bonds is 7. The molecular formula is C36H46N6O3S. The highest BCUT2D eigenvalue weighted by Crippen LogP contribution is 2.55. The zero-order valence-electron chi connectivity index (χ0n) is 26.8. The Hall–Kier alpha value is -3.92. The zero-order chi connectivity index (χ0) is 32.2. The van der Waals surface area contributed by atoms with Crippen molar-refractivity contribution >= 4 is 34.6 Å². The summed E-state index contributed by atoms with van der Waals surface area (Å²) < 4.78 is 0. The van der Waals surface area contributed by atoms with Gasteiger partial charge in [0.05, 0.1) is 22.3 Å². The SMILES string of the molecule is CC(C)[C@H](NC(=O)O)C(=O)N1CCC[C@H]1C1NC2=C(CCC(c3ccc(-c4ccc(/C(N)=C/N)s4)c4c3C3(CCC4)CCC3)=C2)N1. The highest BCUT2D eigenvalue weighted by molar-refractivity contribution is 7.16. The predicted molar refractivity (Wildman–Crippen MR) is 183 cm³/mol. The van der Waals surface area contributed by atoms with Crippen LogP contribution < -0.4 is 27.4 Å². The fourth-order valence-electron chi connectivity index (χ4n) is 8.60. The number of likely N-dealkylation sites (tertiary alicyclic amines) is 1. The minimum atomic E-state index is -1.16. The summed E-state index contributed by atoms with van der Waals surface area (Å²) in [7, 11) is 0. The van der Waals surface area contributed by atoms with Gasteiger partial charge < -0.3 is 37.4 Å². The number of carbonyl (C=O) groups excluding carboxylic acids is 1. The number of carbonyl (C=O) groups is 2. The molecule has 3 atom stereocenters. The molecule has 1 saturated heterocycles. The van der Waals surface area contributed by atoms with Crippen LogP contribution in [0.5, 0.6) is 0 Å². The number of allylic oxidation sites excluding steroid dienone is 3. The number of hydrogen-bond acceptors (Lipinski definition) is 7. The molecule has 10 heteroatoms. The number of carboxylic acid groups (broad SMARTS) is 1. The molecule has 2 aliphatic heterocycles. The van der Waals surface area contributed by atoms with E-state index in [4.69, 9.17) is 11.5 Å². The van der Waals surface area contributed by atoms with Crippen LogP contribution in [-0.2, 0) is 16.6 Å². The first kappa shape index (κ1) is 30.7. The Kier molecular flexibility index (Phi) is 8.03. The lowest BCUT2D eigenvalue weighted by Crippen LogP contribution is -2.57. The van der Waals surface area contributed by atoms with Crippen molar-refractivity contribution in [2.45, 2.75) is 102 Å². The second-order valence-electron chi connectivity index (χ2n) is 14.0. The van der Waals surface area contributed by atoms with Crippen LogP contribution in [0.2, 0.25) is 0 Å². The summed E-state index contributed by atoms with van der Waals surface area (Å²) in [6, 6.07) is 8.18. The van der Waals surface area contributed by atoms with Crippen molar-refractivity contribution in [3.05, 3.63) is 69.5 Å². The summed E-state index contributed by atoms with van der Waals surface area (Å²) in [6.45, 7) is 4.41. The highest BCUT2D eigenvalue weighted by Gasteiger charge is 2.45. The van der Waals surface area contributed by atoms with Gasteiger partial charge in [-0.1, -0.05) is 32.4 Å². The molecule has 3 heterocycles. The molecule has 1 saturated carbocycles. The molecule has 9 nitrogen and oxygen atoms in total. The van der Waals surface area contributed by atoms with E-state index in [0.29, 0.717) is 12.2 Å². The Labute approximate surface area is 275 Å². The van der Waals surface area contributed by atoms with Gasteiger partial charge in [0.2, 0.25) is 5.91 Å². The lowest BCUT2D eigenvalue weighted by Gasteiger charge is -2.48. The first-order chi connectivity index (χ1) is 22.2. The molecule has 1 spiro atoms. The maximum absolute atomic E-state index is 13.6. The lowest BCUT2D eigenvalue weighted by molar-refractivity contribution is -0.135. The Balaban J connectivity index is 1.17. The van der Waals surface area contributed by atoms with E-state index < -0.39 is 12.1 Å². The molecule has 1 aromatic carbocycles. The van der Waals surface area contributed by atoms with Gasteiger partial charge in [-0.3, -0.25) is 4.79 Å². The molecular weight excluding hydrogens is 597 g/mol. The Morgan fingerprint density at radius 3 is 2.57 bits per heavy atom. The average Bonchev–Trinajstić information content (AvgIpc) is 3.80. The summed E-state index contributed by atoms with van der Waals surface area (Å²) >= 11 is 1.72. The topological polar surface area (TPSA) is 146 Å². The van der Waals surface area contributed by atoms with Crippen molar-refractivity contribution in [2.24, 2.45) is 17.4 Å². The van der Waals surface area contributed by atoms with Gasteiger partial charge in [0, 0.05) is 23.3 Å². The first-order valence-electron chi connectivity index (χ1n) is 16.9. The average molecular weight is 643 g/mol. The second-order valence-corrected chi connectivity index (χ2v) is 15.1. The van der Waals surface area contributed by atoms with Crippen LogP contribution in [0.3, 0.4) is 0 Å². The normalized spacial score (nSPS) is 24.1. The first-order valence-corrected chi connectivity index (χ1v) is 17.7. The number of amides is 2. The third-order valence-electron chi connectivity index (χ3n) is 11.0. The Bertz CT molecular complexity index is 1650. The lowest BCUT2D eigenvalue weighted by atomic mass is 9.56. The minimum absolute atomic E-state index is 0.0454. The third kappa shape index (κ3) is 5.24. The number of nitrogens with two attached hydrogens (primary N) is 2. The number of fused-ring (bicyclic) bond motifs is 2. The summed E-state index contributed by atoms with van der Waals surface area (Å²) in [4.78, 5) is 29.1. The van der Waals surface area contributed by atoms with Crippen molar-refractivity contribution < 1.29 is 14.7 Å². The van der Waals surface area contributed by atoms with Gasteiger partial charge >= 0.3 is 6.09 Å². The molecule has 2 aromatic rings. The number of thiophene rings is 1. The summed E-state index contributed by atoms with van der Waals surface area (Å²) in [6.07, 6.45) is 13.6. The van der Waals surface area contributed by atoms with Gasteiger partial charge in [0.15, 0.2) is 0 Å². The summed E-state index contributed by atoms with van der Waals surface area (Å²) in [5.41, 5.74) is 22.3. The predicted octanol–water partition coefficient (Wildman–Crippen LogP) is 5.58. The largest absolute Gasteiger partial charge is 0.465 e. The van der Waals surface area contributed by atoms with E-state index in [1.54, 1.807) is 16.9 Å². The number of nitrogens with one attached hydrogen (secondary N) is 3. The van der Waals surface area contributed by atoms with Crippen LogP contribution in [0.4, 0.5) is 4.79 Å². The van der Waals surface area contributed by atoms with Crippen LogP contribution in [0, 0.1) is 5.92 Å². The van der Waals surface area contributed by atoms with E-state index in [1.807, 2.05) is 18.7 Å². The second kappa shape index (κ2) is 12.0. The molecule has 244 valence electrons. The quantitative estimate of drug-likeness (QED) is 0.231. The van der Waals surface area contributed by atoms with Crippen molar-refractivity contribution in [1.29, 1.82) is 0 Å². The van der Waals surface area contributed by atoms with Gasteiger partial charge in [-0.25, -0.2) is 4.79 Å². The van der Waals surface area contributed by atoms with E-state index in [-0.39, 0.29) is 29.4 Å². The minimum Gasteiger partial charge on any atom is -0.465 e.